The van der Waals surface area contributed by atoms with Gasteiger partial charge in [0.05, 0.1) is 18.7 Å². The van der Waals surface area contributed by atoms with Gasteiger partial charge in [-0.2, -0.15) is 0 Å². The molecule has 2 saturated heterocycles. The van der Waals surface area contributed by atoms with Crippen LogP contribution in [0.4, 0.5) is 0 Å². The molecule has 2 fully saturated rings. The molecule has 23 heavy (non-hydrogen) atoms. The zero-order valence-corrected chi connectivity index (χ0v) is 13.9. The van der Waals surface area contributed by atoms with Gasteiger partial charge in [0.25, 0.3) is 5.91 Å². The van der Waals surface area contributed by atoms with Gasteiger partial charge in [-0.25, -0.2) is 0 Å². The summed E-state index contributed by atoms with van der Waals surface area (Å²) in [5, 5.41) is 9.51. The largest absolute Gasteiger partial charge is 0.391 e. The number of carbonyl (C=O) groups excluding carboxylic acids is 3. The maximum atomic E-state index is 12.6. The quantitative estimate of drug-likeness (QED) is 0.534. The number of β-lactam (4-membered cyclic amide) rings is 1. The van der Waals surface area contributed by atoms with Crippen LogP contribution >= 0.6 is 0 Å². The minimum atomic E-state index is -1.07. The van der Waals surface area contributed by atoms with Crippen LogP contribution in [0.1, 0.15) is 33.6 Å². The van der Waals surface area contributed by atoms with Crippen molar-refractivity contribution in [3.8, 4) is 0 Å². The van der Waals surface area contributed by atoms with Crippen LogP contribution < -0.4 is 11.5 Å². The van der Waals surface area contributed by atoms with Crippen LogP contribution in [0.25, 0.3) is 0 Å². The maximum absolute atomic E-state index is 12.6. The fourth-order valence-electron chi connectivity index (χ4n) is 3.18. The summed E-state index contributed by atoms with van der Waals surface area (Å²) in [6.07, 6.45) is 0.176. The van der Waals surface area contributed by atoms with Crippen LogP contribution in [0.15, 0.2) is 0 Å². The van der Waals surface area contributed by atoms with E-state index in [4.69, 9.17) is 11.5 Å². The van der Waals surface area contributed by atoms with Crippen LogP contribution in [0.5, 0.6) is 0 Å². The topological polar surface area (TPSA) is 130 Å². The standard InChI is InChI=1S/C15H26N4O4/c1-8(2)10(16)12(21)18-7-15(14(18)23)5-4-6-19(15)13(22)11(17)9(3)20/h8-11,20H,4-7,16-17H2,1-3H3. The summed E-state index contributed by atoms with van der Waals surface area (Å²) in [6.45, 7) is 5.63. The number of aliphatic hydroxyl groups is 1. The lowest BCUT2D eigenvalue weighted by atomic mass is 9.84. The summed E-state index contributed by atoms with van der Waals surface area (Å²) in [5.41, 5.74) is 10.5. The molecule has 5 N–H and O–H groups in total. The third-order valence-corrected chi connectivity index (χ3v) is 4.89. The van der Waals surface area contributed by atoms with E-state index in [-0.39, 0.29) is 18.4 Å². The predicted octanol–water partition coefficient (Wildman–Crippen LogP) is -1.59. The zero-order valence-electron chi connectivity index (χ0n) is 13.9. The average Bonchev–Trinajstić information content (AvgIpc) is 2.95. The lowest BCUT2D eigenvalue weighted by Crippen LogP contribution is -2.76. The molecule has 1 spiro atoms. The highest BCUT2D eigenvalue weighted by Crippen LogP contribution is 2.39. The van der Waals surface area contributed by atoms with E-state index in [9.17, 15) is 19.5 Å². The maximum Gasteiger partial charge on any atom is 0.257 e. The highest BCUT2D eigenvalue weighted by atomic mass is 16.3. The third-order valence-electron chi connectivity index (χ3n) is 4.89. The number of imide groups is 1. The molecule has 4 unspecified atom stereocenters. The molecule has 130 valence electrons. The molecule has 0 aliphatic carbocycles. The monoisotopic (exact) mass is 326 g/mol. The van der Waals surface area contributed by atoms with Gasteiger partial charge in [0.2, 0.25) is 11.8 Å². The number of nitrogens with two attached hydrogens (primary N) is 2. The van der Waals surface area contributed by atoms with Crippen LogP contribution in [0.3, 0.4) is 0 Å². The van der Waals surface area contributed by atoms with E-state index in [2.05, 4.69) is 0 Å². The Morgan fingerprint density at radius 2 is 1.78 bits per heavy atom. The van der Waals surface area contributed by atoms with Crippen molar-refractivity contribution in [3.05, 3.63) is 0 Å². The Morgan fingerprint density at radius 3 is 2.26 bits per heavy atom. The second-order valence-corrected chi connectivity index (χ2v) is 6.89. The van der Waals surface area contributed by atoms with E-state index in [0.29, 0.717) is 19.4 Å². The first-order valence-electron chi connectivity index (χ1n) is 8.00. The smallest absolute Gasteiger partial charge is 0.257 e. The van der Waals surface area contributed by atoms with Gasteiger partial charge in [0, 0.05) is 6.54 Å². The van der Waals surface area contributed by atoms with Gasteiger partial charge in [-0.1, -0.05) is 13.8 Å². The molecule has 2 aliphatic heterocycles. The Labute approximate surface area is 135 Å². The number of hydrogen-bond donors (Lipinski definition) is 3. The molecule has 0 aromatic rings. The Kier molecular flexibility index (Phi) is 4.79. The number of likely N-dealkylation sites (tertiary alicyclic amines) is 2. The Hall–Kier alpha value is -1.51. The Morgan fingerprint density at radius 1 is 1.17 bits per heavy atom. The zero-order chi connectivity index (χ0) is 17.5. The van der Waals surface area contributed by atoms with Crippen LogP contribution in [-0.2, 0) is 14.4 Å². The molecule has 3 amide bonds. The molecule has 0 saturated carbocycles. The van der Waals surface area contributed by atoms with E-state index in [1.807, 2.05) is 13.8 Å². The summed E-state index contributed by atoms with van der Waals surface area (Å²) in [4.78, 5) is 39.8. The molecule has 0 radical (unpaired) electrons. The van der Waals surface area contributed by atoms with Gasteiger partial charge < -0.3 is 21.5 Å². The molecule has 0 aromatic heterocycles. The van der Waals surface area contributed by atoms with Crippen LogP contribution in [0.2, 0.25) is 0 Å². The van der Waals surface area contributed by atoms with E-state index in [0.717, 1.165) is 4.90 Å². The highest BCUT2D eigenvalue weighted by Gasteiger charge is 2.62. The van der Waals surface area contributed by atoms with Gasteiger partial charge in [-0.15, -0.1) is 0 Å². The van der Waals surface area contributed by atoms with Gasteiger partial charge in [-0.3, -0.25) is 19.3 Å². The van der Waals surface area contributed by atoms with Crippen molar-refractivity contribution in [1.82, 2.24) is 9.80 Å². The van der Waals surface area contributed by atoms with Crippen molar-refractivity contribution >= 4 is 17.7 Å². The third kappa shape index (κ3) is 2.75. The van der Waals surface area contributed by atoms with E-state index >= 15 is 0 Å². The summed E-state index contributed by atoms with van der Waals surface area (Å²) >= 11 is 0. The van der Waals surface area contributed by atoms with Gasteiger partial charge in [0.1, 0.15) is 11.6 Å². The van der Waals surface area contributed by atoms with Crippen molar-refractivity contribution in [2.75, 3.05) is 13.1 Å². The molecule has 0 bridgehead atoms. The van der Waals surface area contributed by atoms with E-state index in [1.54, 1.807) is 0 Å². The van der Waals surface area contributed by atoms with Gasteiger partial charge in [-0.05, 0) is 25.7 Å². The molecule has 2 heterocycles. The number of nitrogens with zero attached hydrogens (tertiary/aromatic N) is 2. The number of hydrogen-bond acceptors (Lipinski definition) is 6. The molecule has 8 heteroatoms. The van der Waals surface area contributed by atoms with Crippen molar-refractivity contribution in [2.45, 2.75) is 57.3 Å². The van der Waals surface area contributed by atoms with Gasteiger partial charge in [0.15, 0.2) is 0 Å². The van der Waals surface area contributed by atoms with Crippen molar-refractivity contribution in [2.24, 2.45) is 17.4 Å². The second-order valence-electron chi connectivity index (χ2n) is 6.89. The van der Waals surface area contributed by atoms with E-state index < -0.39 is 35.5 Å². The molecule has 4 atom stereocenters. The fraction of sp³-hybridized carbons (Fsp3) is 0.800. The number of aliphatic hydroxyl groups excluding tert-OH is 1. The van der Waals surface area contributed by atoms with Crippen LogP contribution in [0, 0.1) is 5.92 Å². The summed E-state index contributed by atoms with van der Waals surface area (Å²) in [7, 11) is 0. The van der Waals surface area contributed by atoms with E-state index in [1.165, 1.54) is 11.8 Å². The SMILES string of the molecule is CC(C)C(N)C(=O)N1CC2(CCCN2C(=O)C(N)C(C)O)C1=O. The lowest BCUT2D eigenvalue weighted by molar-refractivity contribution is -0.175. The normalized spacial score (nSPS) is 28.0. The number of carbonyl (C=O) groups is 3. The predicted molar refractivity (Wildman–Crippen MR) is 82.9 cm³/mol. The molecule has 8 nitrogen and oxygen atoms in total. The molecular formula is C15H26N4O4. The van der Waals surface area contributed by atoms with Crippen LogP contribution in [-0.4, -0.2) is 69.4 Å². The summed E-state index contributed by atoms with van der Waals surface area (Å²) in [6, 6.07) is -1.80. The van der Waals surface area contributed by atoms with Crippen molar-refractivity contribution in [1.29, 1.82) is 0 Å². The average molecular weight is 326 g/mol. The van der Waals surface area contributed by atoms with Crippen molar-refractivity contribution < 1.29 is 19.5 Å². The first-order valence-corrected chi connectivity index (χ1v) is 8.00. The number of rotatable bonds is 4. The first-order chi connectivity index (χ1) is 10.6. The lowest BCUT2D eigenvalue weighted by Gasteiger charge is -2.51. The molecule has 2 aliphatic rings. The molecular weight excluding hydrogens is 300 g/mol. The molecule has 2 rings (SSSR count). The first kappa shape index (κ1) is 17.8. The Bertz CT molecular complexity index is 522. The summed E-state index contributed by atoms with van der Waals surface area (Å²) in [5.74, 6) is -1.32. The summed E-state index contributed by atoms with van der Waals surface area (Å²) < 4.78 is 0. The number of amides is 3. The fourth-order valence-corrected chi connectivity index (χ4v) is 3.18. The minimum absolute atomic E-state index is 0.0724. The Balaban J connectivity index is 2.13. The van der Waals surface area contributed by atoms with Crippen molar-refractivity contribution in [3.63, 3.8) is 0 Å². The minimum Gasteiger partial charge on any atom is -0.391 e. The molecule has 0 aromatic carbocycles. The second kappa shape index (κ2) is 6.18. The highest BCUT2D eigenvalue weighted by molar-refractivity contribution is 6.09. The van der Waals surface area contributed by atoms with Gasteiger partial charge >= 0.3 is 0 Å².